The van der Waals surface area contributed by atoms with Crippen molar-refractivity contribution in [2.24, 2.45) is 0 Å². The standard InChI is InChI=1S/C28H24N2O2/c1-15(2)31-27-21(13-29)22(14-30)28(32-16(3)4)26-24-19-11-7-5-9-17(19)23(25(26)27)18-10-6-8-12-20(18)24/h5-12,15-16,23-24H,1-4H3. The smallest absolute Gasteiger partial charge is 0.143 e. The van der Waals surface area contributed by atoms with E-state index in [0.717, 1.165) is 11.1 Å². The molecule has 0 spiro atoms. The van der Waals surface area contributed by atoms with Crippen LogP contribution in [-0.4, -0.2) is 12.2 Å². The number of ether oxygens (including phenoxy) is 2. The first-order valence-electron chi connectivity index (χ1n) is 11.0. The molecular formula is C28H24N2O2. The van der Waals surface area contributed by atoms with E-state index in [1.165, 1.54) is 22.3 Å². The summed E-state index contributed by atoms with van der Waals surface area (Å²) in [6.45, 7) is 7.78. The van der Waals surface area contributed by atoms with Gasteiger partial charge in [-0.3, -0.25) is 0 Å². The van der Waals surface area contributed by atoms with Crippen LogP contribution >= 0.6 is 0 Å². The van der Waals surface area contributed by atoms with Crippen molar-refractivity contribution in [3.8, 4) is 23.6 Å². The van der Waals surface area contributed by atoms with Crippen LogP contribution in [0.25, 0.3) is 0 Å². The Morgan fingerprint density at radius 1 is 0.625 bits per heavy atom. The Kier molecular flexibility index (Phi) is 4.68. The summed E-state index contributed by atoms with van der Waals surface area (Å²) in [5.41, 5.74) is 7.35. The van der Waals surface area contributed by atoms with Crippen molar-refractivity contribution in [3.05, 3.63) is 93.0 Å². The van der Waals surface area contributed by atoms with Crippen molar-refractivity contribution in [2.75, 3.05) is 0 Å². The van der Waals surface area contributed by atoms with Gasteiger partial charge in [0, 0.05) is 23.0 Å². The highest BCUT2D eigenvalue weighted by atomic mass is 16.5. The lowest BCUT2D eigenvalue weighted by Gasteiger charge is -2.44. The fraction of sp³-hybridized carbons (Fsp3) is 0.286. The van der Waals surface area contributed by atoms with E-state index in [1.54, 1.807) is 0 Å². The number of nitriles is 2. The molecule has 0 fully saturated rings. The predicted molar refractivity (Wildman–Crippen MR) is 122 cm³/mol. The second-order valence-electron chi connectivity index (χ2n) is 8.92. The fourth-order valence-corrected chi connectivity index (χ4v) is 5.27. The lowest BCUT2D eigenvalue weighted by molar-refractivity contribution is 0.228. The minimum atomic E-state index is -0.138. The molecule has 0 amide bonds. The van der Waals surface area contributed by atoms with Gasteiger partial charge in [0.05, 0.1) is 12.2 Å². The second kappa shape index (κ2) is 7.43. The summed E-state index contributed by atoms with van der Waals surface area (Å²) in [5.74, 6) is 0.879. The molecule has 3 aromatic rings. The maximum atomic E-state index is 10.1. The zero-order chi connectivity index (χ0) is 22.6. The number of hydrogen-bond donors (Lipinski definition) is 0. The molecule has 4 heteroatoms. The quantitative estimate of drug-likeness (QED) is 0.358. The third-order valence-corrected chi connectivity index (χ3v) is 6.23. The molecule has 32 heavy (non-hydrogen) atoms. The average molecular weight is 421 g/mol. The molecule has 0 saturated heterocycles. The lowest BCUT2D eigenvalue weighted by atomic mass is 9.60. The Labute approximate surface area is 188 Å². The summed E-state index contributed by atoms with van der Waals surface area (Å²) in [6, 6.07) is 21.4. The highest BCUT2D eigenvalue weighted by molar-refractivity contribution is 5.78. The largest absolute Gasteiger partial charge is 0.489 e. The van der Waals surface area contributed by atoms with Crippen LogP contribution in [0.15, 0.2) is 48.5 Å². The third kappa shape index (κ3) is 2.73. The van der Waals surface area contributed by atoms with Gasteiger partial charge in [-0.1, -0.05) is 48.5 Å². The van der Waals surface area contributed by atoms with Gasteiger partial charge in [-0.2, -0.15) is 10.5 Å². The van der Waals surface area contributed by atoms with Gasteiger partial charge in [-0.25, -0.2) is 0 Å². The summed E-state index contributed by atoms with van der Waals surface area (Å²) in [4.78, 5) is 0. The summed E-state index contributed by atoms with van der Waals surface area (Å²) in [7, 11) is 0. The Balaban J connectivity index is 1.96. The van der Waals surface area contributed by atoms with Crippen molar-refractivity contribution >= 4 is 0 Å². The van der Waals surface area contributed by atoms with Gasteiger partial charge >= 0.3 is 0 Å². The highest BCUT2D eigenvalue weighted by Crippen LogP contribution is 2.61. The van der Waals surface area contributed by atoms with Crippen molar-refractivity contribution in [2.45, 2.75) is 51.7 Å². The first-order chi connectivity index (χ1) is 15.5. The minimum absolute atomic E-state index is 0.0782. The molecule has 2 bridgehead atoms. The van der Waals surface area contributed by atoms with Crippen LogP contribution in [-0.2, 0) is 0 Å². The maximum Gasteiger partial charge on any atom is 0.143 e. The molecule has 4 nitrogen and oxygen atoms in total. The van der Waals surface area contributed by atoms with E-state index in [-0.39, 0.29) is 35.2 Å². The van der Waals surface area contributed by atoms with Crippen molar-refractivity contribution in [1.82, 2.24) is 0 Å². The number of benzene rings is 3. The normalized spacial score (nSPS) is 17.2. The summed E-state index contributed by atoms with van der Waals surface area (Å²) < 4.78 is 12.6. The average Bonchev–Trinajstić information content (AvgIpc) is 2.79. The van der Waals surface area contributed by atoms with E-state index in [2.05, 4.69) is 60.7 Å². The van der Waals surface area contributed by atoms with Gasteiger partial charge in [-0.15, -0.1) is 0 Å². The molecule has 0 heterocycles. The first-order valence-corrected chi connectivity index (χ1v) is 11.0. The van der Waals surface area contributed by atoms with E-state index in [4.69, 9.17) is 9.47 Å². The summed E-state index contributed by atoms with van der Waals surface area (Å²) >= 11 is 0. The Hall–Kier alpha value is -3.76. The summed E-state index contributed by atoms with van der Waals surface area (Å²) in [5, 5.41) is 20.3. The zero-order valence-corrected chi connectivity index (χ0v) is 18.6. The van der Waals surface area contributed by atoms with Gasteiger partial charge in [0.15, 0.2) is 0 Å². The summed E-state index contributed by atoms with van der Waals surface area (Å²) in [6.07, 6.45) is -0.277. The molecule has 0 N–H and O–H groups in total. The molecule has 3 aliphatic rings. The topological polar surface area (TPSA) is 66.0 Å². The molecule has 3 aliphatic carbocycles. The number of rotatable bonds is 4. The van der Waals surface area contributed by atoms with Crippen LogP contribution in [0.3, 0.4) is 0 Å². The molecule has 0 aromatic heterocycles. The van der Waals surface area contributed by atoms with Crippen molar-refractivity contribution in [1.29, 1.82) is 10.5 Å². The van der Waals surface area contributed by atoms with Crippen LogP contribution in [0, 0.1) is 22.7 Å². The lowest BCUT2D eigenvalue weighted by Crippen LogP contribution is -2.30. The number of hydrogen-bond acceptors (Lipinski definition) is 4. The van der Waals surface area contributed by atoms with Crippen LogP contribution in [0.4, 0.5) is 0 Å². The Bertz CT molecular complexity index is 1180. The van der Waals surface area contributed by atoms with Crippen molar-refractivity contribution < 1.29 is 9.47 Å². The third-order valence-electron chi connectivity index (χ3n) is 6.23. The molecule has 0 aliphatic heterocycles. The van der Waals surface area contributed by atoms with Gasteiger partial charge in [0.25, 0.3) is 0 Å². The maximum absolute atomic E-state index is 10.1. The monoisotopic (exact) mass is 420 g/mol. The van der Waals surface area contributed by atoms with Crippen LogP contribution in [0.5, 0.6) is 11.5 Å². The van der Waals surface area contributed by atoms with E-state index < -0.39 is 0 Å². The molecule has 0 saturated carbocycles. The van der Waals surface area contributed by atoms with E-state index in [9.17, 15) is 10.5 Å². The molecule has 0 unspecified atom stereocenters. The van der Waals surface area contributed by atoms with Gasteiger partial charge in [-0.05, 0) is 49.9 Å². The Morgan fingerprint density at radius 3 is 1.19 bits per heavy atom. The minimum Gasteiger partial charge on any atom is -0.489 e. The molecule has 0 radical (unpaired) electrons. The first kappa shape index (κ1) is 20.2. The molecule has 3 aromatic carbocycles. The van der Waals surface area contributed by atoms with Gasteiger partial charge < -0.3 is 9.47 Å². The van der Waals surface area contributed by atoms with Crippen LogP contribution in [0.2, 0.25) is 0 Å². The van der Waals surface area contributed by atoms with Gasteiger partial charge in [0.2, 0.25) is 0 Å². The molecule has 6 rings (SSSR count). The number of nitrogens with zero attached hydrogens (tertiary/aromatic N) is 2. The van der Waals surface area contributed by atoms with E-state index in [0.29, 0.717) is 11.5 Å². The molecule has 158 valence electrons. The van der Waals surface area contributed by atoms with Crippen molar-refractivity contribution in [3.63, 3.8) is 0 Å². The SMILES string of the molecule is CC(C)Oc1c(C#N)c(C#N)c(OC(C)C)c2c1C1c3ccccc3C2c2ccccc21. The fourth-order valence-electron chi connectivity index (χ4n) is 5.27. The molecular weight excluding hydrogens is 396 g/mol. The Morgan fingerprint density at radius 2 is 0.938 bits per heavy atom. The molecule has 0 atom stereocenters. The van der Waals surface area contributed by atoms with E-state index >= 15 is 0 Å². The van der Waals surface area contributed by atoms with Crippen LogP contribution in [0.1, 0.15) is 84.0 Å². The van der Waals surface area contributed by atoms with Gasteiger partial charge in [0.1, 0.15) is 34.8 Å². The van der Waals surface area contributed by atoms with E-state index in [1.807, 2.05) is 27.7 Å². The zero-order valence-electron chi connectivity index (χ0n) is 18.6. The predicted octanol–water partition coefficient (Wildman–Crippen LogP) is 5.99. The van der Waals surface area contributed by atoms with Crippen LogP contribution < -0.4 is 9.47 Å². The highest BCUT2D eigenvalue weighted by Gasteiger charge is 2.46. The second-order valence-corrected chi connectivity index (χ2v) is 8.92.